The van der Waals surface area contributed by atoms with Crippen LogP contribution in [0.15, 0.2) is 64.3 Å². The summed E-state index contributed by atoms with van der Waals surface area (Å²) in [6.07, 6.45) is 6.84. The predicted octanol–water partition coefficient (Wildman–Crippen LogP) is 5.57. The Labute approximate surface area is 158 Å². The van der Waals surface area contributed by atoms with Crippen molar-refractivity contribution in [3.05, 3.63) is 64.5 Å². The minimum absolute atomic E-state index is 0.833. The smallest absolute Gasteiger partial charge is 0.211 e. The third kappa shape index (κ3) is 4.55. The Bertz CT molecular complexity index is 934. The second-order valence-electron chi connectivity index (χ2n) is 6.34. The molecule has 2 aromatic heterocycles. The Morgan fingerprint density at radius 1 is 1.19 bits per heavy atom. The van der Waals surface area contributed by atoms with E-state index >= 15 is 0 Å². The van der Waals surface area contributed by atoms with Crippen molar-refractivity contribution in [3.63, 3.8) is 0 Å². The van der Waals surface area contributed by atoms with Crippen LogP contribution in [0, 0.1) is 6.92 Å². The van der Waals surface area contributed by atoms with Gasteiger partial charge in [-0.25, -0.2) is 9.67 Å². The first kappa shape index (κ1) is 18.3. The van der Waals surface area contributed by atoms with E-state index in [0.717, 1.165) is 40.3 Å². The van der Waals surface area contributed by atoms with Crippen LogP contribution in [0.1, 0.15) is 38.7 Å². The van der Waals surface area contributed by atoms with Gasteiger partial charge in [0.1, 0.15) is 0 Å². The standard InChI is InChI=1S/C21H24N4S/c1-4-5-7-17(3)24-25-20(18-11-9-16(2)10-12-18)15-26-21(25)23-19-8-6-13-22-14-19/h6,8-15H,4-5,7H2,1-3H3. The lowest BCUT2D eigenvalue weighted by Crippen LogP contribution is -2.13. The molecule has 0 atom stereocenters. The third-order valence-electron chi connectivity index (χ3n) is 4.07. The fourth-order valence-electron chi connectivity index (χ4n) is 2.58. The van der Waals surface area contributed by atoms with Crippen LogP contribution in [0.25, 0.3) is 11.3 Å². The number of pyridine rings is 1. The molecule has 0 N–H and O–H groups in total. The van der Waals surface area contributed by atoms with Gasteiger partial charge in [-0.15, -0.1) is 11.3 Å². The predicted molar refractivity (Wildman–Crippen MR) is 110 cm³/mol. The van der Waals surface area contributed by atoms with Crippen LogP contribution in [0.5, 0.6) is 0 Å². The number of unbranched alkanes of at least 4 members (excludes halogenated alkanes) is 1. The van der Waals surface area contributed by atoms with Gasteiger partial charge in [0.2, 0.25) is 4.80 Å². The quantitative estimate of drug-likeness (QED) is 0.527. The van der Waals surface area contributed by atoms with Crippen molar-refractivity contribution >= 4 is 22.7 Å². The van der Waals surface area contributed by atoms with Gasteiger partial charge >= 0.3 is 0 Å². The lowest BCUT2D eigenvalue weighted by molar-refractivity contribution is 0.800. The molecule has 0 unspecified atom stereocenters. The van der Waals surface area contributed by atoms with E-state index in [2.05, 4.69) is 55.4 Å². The van der Waals surface area contributed by atoms with Crippen LogP contribution in [0.4, 0.5) is 5.69 Å². The Hall–Kier alpha value is -2.53. The molecule has 0 bridgehead atoms. The summed E-state index contributed by atoms with van der Waals surface area (Å²) in [4.78, 5) is 9.75. The van der Waals surface area contributed by atoms with Crippen molar-refractivity contribution in [1.82, 2.24) is 9.66 Å². The van der Waals surface area contributed by atoms with Crippen molar-refractivity contribution in [2.75, 3.05) is 0 Å². The van der Waals surface area contributed by atoms with E-state index in [-0.39, 0.29) is 0 Å². The zero-order chi connectivity index (χ0) is 18.4. The van der Waals surface area contributed by atoms with Gasteiger partial charge in [-0.05, 0) is 38.8 Å². The molecule has 0 fully saturated rings. The van der Waals surface area contributed by atoms with Crippen LogP contribution < -0.4 is 4.80 Å². The van der Waals surface area contributed by atoms with E-state index in [0.29, 0.717) is 0 Å². The molecular formula is C21H24N4S. The summed E-state index contributed by atoms with van der Waals surface area (Å²) in [7, 11) is 0. The molecule has 2 heterocycles. The molecule has 1 aromatic carbocycles. The Balaban J connectivity index is 2.10. The summed E-state index contributed by atoms with van der Waals surface area (Å²) >= 11 is 1.60. The molecule has 4 nitrogen and oxygen atoms in total. The molecule has 5 heteroatoms. The monoisotopic (exact) mass is 364 g/mol. The summed E-state index contributed by atoms with van der Waals surface area (Å²) in [5.41, 5.74) is 5.41. The van der Waals surface area contributed by atoms with Crippen LogP contribution in [0.2, 0.25) is 0 Å². The van der Waals surface area contributed by atoms with Crippen LogP contribution >= 0.6 is 11.3 Å². The second kappa shape index (κ2) is 8.72. The van der Waals surface area contributed by atoms with Crippen molar-refractivity contribution in [1.29, 1.82) is 0 Å². The SMILES string of the molecule is CCCCC(C)=Nn1c(-c2ccc(C)cc2)csc1=Nc1cccnc1. The van der Waals surface area contributed by atoms with Crippen LogP contribution in [0.3, 0.4) is 0 Å². The normalized spacial score (nSPS) is 12.6. The summed E-state index contributed by atoms with van der Waals surface area (Å²) in [6, 6.07) is 12.4. The highest BCUT2D eigenvalue weighted by Crippen LogP contribution is 2.21. The van der Waals surface area contributed by atoms with Gasteiger partial charge in [-0.3, -0.25) is 4.98 Å². The van der Waals surface area contributed by atoms with Gasteiger partial charge in [0.25, 0.3) is 0 Å². The zero-order valence-corrected chi connectivity index (χ0v) is 16.3. The number of hydrogen-bond acceptors (Lipinski definition) is 4. The van der Waals surface area contributed by atoms with Gasteiger partial charge in [0.05, 0.1) is 17.6 Å². The first-order chi connectivity index (χ1) is 12.7. The molecule has 0 amide bonds. The molecular weight excluding hydrogens is 340 g/mol. The fourth-order valence-corrected chi connectivity index (χ4v) is 3.43. The molecule has 0 aliphatic carbocycles. The van der Waals surface area contributed by atoms with Crippen LogP contribution in [-0.4, -0.2) is 15.4 Å². The average Bonchev–Trinajstić information content (AvgIpc) is 3.04. The van der Waals surface area contributed by atoms with E-state index < -0.39 is 0 Å². The largest absolute Gasteiger partial charge is 0.262 e. The molecule has 3 rings (SSSR count). The zero-order valence-electron chi connectivity index (χ0n) is 15.5. The molecule has 0 saturated carbocycles. The maximum Gasteiger partial charge on any atom is 0.211 e. The highest BCUT2D eigenvalue weighted by Gasteiger charge is 2.08. The number of benzene rings is 1. The van der Waals surface area contributed by atoms with Crippen molar-refractivity contribution < 1.29 is 0 Å². The van der Waals surface area contributed by atoms with Gasteiger partial charge in [-0.2, -0.15) is 5.10 Å². The summed E-state index contributed by atoms with van der Waals surface area (Å²) in [5.74, 6) is 0. The number of rotatable bonds is 6. The Morgan fingerprint density at radius 3 is 2.69 bits per heavy atom. The molecule has 0 aliphatic heterocycles. The number of aryl methyl sites for hydroxylation is 1. The molecule has 3 aromatic rings. The van der Waals surface area contributed by atoms with Gasteiger partial charge in [0, 0.05) is 22.9 Å². The van der Waals surface area contributed by atoms with Crippen molar-refractivity contribution in [2.45, 2.75) is 40.0 Å². The Morgan fingerprint density at radius 2 is 2.00 bits per heavy atom. The third-order valence-corrected chi connectivity index (χ3v) is 4.88. The molecule has 26 heavy (non-hydrogen) atoms. The second-order valence-corrected chi connectivity index (χ2v) is 7.18. The average molecular weight is 365 g/mol. The lowest BCUT2D eigenvalue weighted by atomic mass is 10.1. The Kier molecular flexibility index (Phi) is 6.12. The van der Waals surface area contributed by atoms with Gasteiger partial charge < -0.3 is 0 Å². The minimum atomic E-state index is 0.833. The van der Waals surface area contributed by atoms with E-state index in [1.54, 1.807) is 23.7 Å². The highest BCUT2D eigenvalue weighted by atomic mass is 32.1. The minimum Gasteiger partial charge on any atom is -0.262 e. The van der Waals surface area contributed by atoms with E-state index in [9.17, 15) is 0 Å². The summed E-state index contributed by atoms with van der Waals surface area (Å²) in [6.45, 7) is 6.39. The number of aromatic nitrogens is 2. The van der Waals surface area contributed by atoms with Gasteiger partial charge in [-0.1, -0.05) is 43.2 Å². The first-order valence-corrected chi connectivity index (χ1v) is 9.82. The maximum absolute atomic E-state index is 4.88. The summed E-state index contributed by atoms with van der Waals surface area (Å²) in [5, 5.41) is 7.00. The molecule has 0 radical (unpaired) electrons. The van der Waals surface area contributed by atoms with Crippen LogP contribution in [-0.2, 0) is 0 Å². The van der Waals surface area contributed by atoms with E-state index in [1.807, 2.05) is 16.8 Å². The van der Waals surface area contributed by atoms with Crippen molar-refractivity contribution in [3.8, 4) is 11.3 Å². The first-order valence-electron chi connectivity index (χ1n) is 8.94. The molecule has 0 saturated heterocycles. The number of hydrogen-bond donors (Lipinski definition) is 0. The van der Waals surface area contributed by atoms with Crippen molar-refractivity contribution in [2.24, 2.45) is 10.1 Å². The fraction of sp³-hybridized carbons (Fsp3) is 0.286. The molecule has 0 aliphatic rings. The highest BCUT2D eigenvalue weighted by molar-refractivity contribution is 7.07. The number of nitrogens with zero attached hydrogens (tertiary/aromatic N) is 4. The van der Waals surface area contributed by atoms with E-state index in [4.69, 9.17) is 10.1 Å². The number of thiazole rings is 1. The maximum atomic E-state index is 4.88. The molecule has 134 valence electrons. The topological polar surface area (TPSA) is 42.5 Å². The van der Waals surface area contributed by atoms with Gasteiger partial charge in [0.15, 0.2) is 0 Å². The molecule has 0 spiro atoms. The lowest BCUT2D eigenvalue weighted by Gasteiger charge is -2.06. The summed E-state index contributed by atoms with van der Waals surface area (Å²) < 4.78 is 1.97. The van der Waals surface area contributed by atoms with E-state index in [1.165, 1.54) is 12.0 Å².